The Labute approximate surface area is 49.9 Å². The normalized spacial score (nSPS) is 19.5. The Hall–Kier alpha value is -0.720. The molecule has 0 unspecified atom stereocenters. The van der Waals surface area contributed by atoms with Crippen LogP contribution in [0.5, 0.6) is 0 Å². The number of hydrogen-bond acceptors (Lipinski definition) is 1. The molecule has 0 radical (unpaired) electrons. The van der Waals surface area contributed by atoms with Crippen molar-refractivity contribution in [2.75, 3.05) is 0 Å². The first-order valence-electron chi connectivity index (χ1n) is 2.84. The minimum absolute atomic E-state index is 0.956. The van der Waals surface area contributed by atoms with E-state index in [2.05, 4.69) is 19.9 Å². The molecule has 44 valence electrons. The van der Waals surface area contributed by atoms with Crippen molar-refractivity contribution in [3.63, 3.8) is 0 Å². The zero-order valence-electron chi connectivity index (χ0n) is 5.36. The Kier molecular flexibility index (Phi) is 1.12. The molecule has 1 aliphatic carbocycles. The number of rotatable bonds is 0. The zero-order valence-corrected chi connectivity index (χ0v) is 5.36. The lowest BCUT2D eigenvalue weighted by atomic mass is 10.2. The number of hydrogen-bond donors (Lipinski definition) is 1. The number of allylic oxidation sites excluding steroid dienone is 3. The van der Waals surface area contributed by atoms with Gasteiger partial charge in [-0.25, -0.2) is 0 Å². The molecule has 0 fully saturated rings. The van der Waals surface area contributed by atoms with Gasteiger partial charge in [-0.1, -0.05) is 11.6 Å². The summed E-state index contributed by atoms with van der Waals surface area (Å²) in [6.07, 6.45) is 3.11. The monoisotopic (exact) mass is 109 g/mol. The van der Waals surface area contributed by atoms with Crippen LogP contribution >= 0.6 is 0 Å². The minimum atomic E-state index is 0.956. The molecule has 0 aromatic heterocycles. The Morgan fingerprint density at radius 2 is 2.12 bits per heavy atom. The molecule has 0 saturated carbocycles. The molecule has 2 N–H and O–H groups in total. The fraction of sp³-hybridized carbons (Fsp3) is 0.429. The summed E-state index contributed by atoms with van der Waals surface area (Å²) in [5.74, 6) is 0. The van der Waals surface area contributed by atoms with Crippen molar-refractivity contribution < 1.29 is 0 Å². The van der Waals surface area contributed by atoms with Crippen LogP contribution in [0.25, 0.3) is 0 Å². The highest BCUT2D eigenvalue weighted by Gasteiger charge is 2.04. The topological polar surface area (TPSA) is 26.0 Å². The van der Waals surface area contributed by atoms with E-state index in [4.69, 9.17) is 5.73 Å². The molecule has 1 nitrogen and oxygen atoms in total. The summed E-state index contributed by atoms with van der Waals surface area (Å²) in [5, 5.41) is 0. The molecule has 0 spiro atoms. The fourth-order valence-electron chi connectivity index (χ4n) is 0.822. The van der Waals surface area contributed by atoms with Crippen LogP contribution in [-0.4, -0.2) is 0 Å². The third-order valence-electron chi connectivity index (χ3n) is 1.70. The molecular formula is C7H11N. The first-order valence-corrected chi connectivity index (χ1v) is 2.84. The van der Waals surface area contributed by atoms with Crippen molar-refractivity contribution in [1.29, 1.82) is 0 Å². The minimum Gasteiger partial charge on any atom is -0.402 e. The van der Waals surface area contributed by atoms with Crippen molar-refractivity contribution in [2.24, 2.45) is 5.73 Å². The predicted octanol–water partition coefficient (Wildman–Crippen LogP) is 1.57. The highest BCUT2D eigenvalue weighted by Crippen LogP contribution is 2.20. The average Bonchev–Trinajstić information content (AvgIpc) is 1.98. The molecule has 0 aromatic carbocycles. The maximum atomic E-state index is 5.60. The SMILES string of the molecule is CC1=CCC(N)=C1C. The molecule has 0 heterocycles. The van der Waals surface area contributed by atoms with E-state index in [-0.39, 0.29) is 0 Å². The van der Waals surface area contributed by atoms with Crippen LogP contribution in [0.1, 0.15) is 20.3 Å². The van der Waals surface area contributed by atoms with Crippen LogP contribution in [0.2, 0.25) is 0 Å². The first kappa shape index (κ1) is 5.42. The molecule has 0 atom stereocenters. The lowest BCUT2D eigenvalue weighted by Crippen LogP contribution is -1.94. The maximum Gasteiger partial charge on any atom is 0.0151 e. The van der Waals surface area contributed by atoms with E-state index in [1.807, 2.05) is 0 Å². The maximum absolute atomic E-state index is 5.60. The van der Waals surface area contributed by atoms with Crippen LogP contribution in [0.3, 0.4) is 0 Å². The third-order valence-corrected chi connectivity index (χ3v) is 1.70. The van der Waals surface area contributed by atoms with Gasteiger partial charge in [0.25, 0.3) is 0 Å². The predicted molar refractivity (Wildman–Crippen MR) is 35.3 cm³/mol. The summed E-state index contributed by atoms with van der Waals surface area (Å²) < 4.78 is 0. The van der Waals surface area contributed by atoms with Gasteiger partial charge in [-0.15, -0.1) is 0 Å². The molecule has 8 heavy (non-hydrogen) atoms. The Morgan fingerprint density at radius 3 is 2.25 bits per heavy atom. The molecule has 0 aromatic rings. The molecule has 0 bridgehead atoms. The van der Waals surface area contributed by atoms with Crippen molar-refractivity contribution in [2.45, 2.75) is 20.3 Å². The summed E-state index contributed by atoms with van der Waals surface area (Å²) in [6.45, 7) is 4.16. The molecule has 1 heteroatoms. The molecule has 0 amide bonds. The largest absolute Gasteiger partial charge is 0.402 e. The summed E-state index contributed by atoms with van der Waals surface area (Å²) in [5.41, 5.74) is 9.23. The van der Waals surface area contributed by atoms with Gasteiger partial charge in [0.15, 0.2) is 0 Å². The zero-order chi connectivity index (χ0) is 6.15. The van der Waals surface area contributed by atoms with E-state index in [0.717, 1.165) is 12.1 Å². The van der Waals surface area contributed by atoms with Gasteiger partial charge in [0.1, 0.15) is 0 Å². The van der Waals surface area contributed by atoms with Crippen molar-refractivity contribution in [1.82, 2.24) is 0 Å². The van der Waals surface area contributed by atoms with E-state index >= 15 is 0 Å². The van der Waals surface area contributed by atoms with Gasteiger partial charge >= 0.3 is 0 Å². The molecule has 1 rings (SSSR count). The lowest BCUT2D eigenvalue weighted by Gasteiger charge is -1.93. The summed E-state index contributed by atoms with van der Waals surface area (Å²) >= 11 is 0. The first-order chi connectivity index (χ1) is 3.72. The quantitative estimate of drug-likeness (QED) is 0.502. The highest BCUT2D eigenvalue weighted by molar-refractivity contribution is 5.37. The van der Waals surface area contributed by atoms with Gasteiger partial charge in [0.2, 0.25) is 0 Å². The Morgan fingerprint density at radius 1 is 1.50 bits per heavy atom. The van der Waals surface area contributed by atoms with Gasteiger partial charge in [-0.2, -0.15) is 0 Å². The summed E-state index contributed by atoms with van der Waals surface area (Å²) in [6, 6.07) is 0. The highest BCUT2D eigenvalue weighted by atomic mass is 14.6. The van der Waals surface area contributed by atoms with Crippen LogP contribution in [0.15, 0.2) is 22.9 Å². The summed E-state index contributed by atoms with van der Waals surface area (Å²) in [7, 11) is 0. The molecule has 1 aliphatic rings. The second-order valence-electron chi connectivity index (χ2n) is 2.24. The molecule has 0 saturated heterocycles. The Bertz CT molecular complexity index is 158. The van der Waals surface area contributed by atoms with Crippen molar-refractivity contribution >= 4 is 0 Å². The van der Waals surface area contributed by atoms with E-state index in [1.54, 1.807) is 0 Å². The molecule has 0 aliphatic heterocycles. The van der Waals surface area contributed by atoms with Crippen LogP contribution < -0.4 is 5.73 Å². The van der Waals surface area contributed by atoms with E-state index in [1.165, 1.54) is 11.1 Å². The van der Waals surface area contributed by atoms with Crippen molar-refractivity contribution in [3.05, 3.63) is 22.9 Å². The van der Waals surface area contributed by atoms with E-state index in [9.17, 15) is 0 Å². The second-order valence-corrected chi connectivity index (χ2v) is 2.24. The third kappa shape index (κ3) is 0.641. The standard InChI is InChI=1S/C7H11N/c1-5-3-4-7(8)6(5)2/h3H,4,8H2,1-2H3. The van der Waals surface area contributed by atoms with Crippen LogP contribution in [-0.2, 0) is 0 Å². The average molecular weight is 109 g/mol. The number of nitrogens with two attached hydrogens (primary N) is 1. The molecular weight excluding hydrogens is 98.1 g/mol. The Balaban J connectivity index is 2.88. The van der Waals surface area contributed by atoms with Gasteiger partial charge in [-0.3, -0.25) is 0 Å². The second kappa shape index (κ2) is 1.66. The van der Waals surface area contributed by atoms with Gasteiger partial charge in [-0.05, 0) is 19.4 Å². The summed E-state index contributed by atoms with van der Waals surface area (Å²) in [4.78, 5) is 0. The van der Waals surface area contributed by atoms with Gasteiger partial charge < -0.3 is 5.73 Å². The van der Waals surface area contributed by atoms with Gasteiger partial charge in [0, 0.05) is 12.1 Å². The smallest absolute Gasteiger partial charge is 0.0151 e. The van der Waals surface area contributed by atoms with Gasteiger partial charge in [0.05, 0.1) is 0 Å². The van der Waals surface area contributed by atoms with E-state index < -0.39 is 0 Å². The lowest BCUT2D eigenvalue weighted by molar-refractivity contribution is 1.17. The van der Waals surface area contributed by atoms with Crippen LogP contribution in [0, 0.1) is 0 Å². The fourth-order valence-corrected chi connectivity index (χ4v) is 0.822. The van der Waals surface area contributed by atoms with Crippen LogP contribution in [0.4, 0.5) is 0 Å². The van der Waals surface area contributed by atoms with E-state index in [0.29, 0.717) is 0 Å². The van der Waals surface area contributed by atoms with Crippen molar-refractivity contribution in [3.8, 4) is 0 Å².